The molecule has 0 aliphatic heterocycles. The van der Waals surface area contributed by atoms with E-state index >= 15 is 0 Å². The van der Waals surface area contributed by atoms with E-state index in [9.17, 15) is 8.42 Å². The third kappa shape index (κ3) is 39.4. The second-order valence-corrected chi connectivity index (χ2v) is 8.80. The number of hydrogen-bond acceptors (Lipinski definition) is 15. The summed E-state index contributed by atoms with van der Waals surface area (Å²) in [5.74, 6) is 0. The van der Waals surface area contributed by atoms with Crippen LogP contribution in [0.3, 0.4) is 0 Å². The highest BCUT2D eigenvalue weighted by molar-refractivity contribution is 7.80. The number of hydrogen-bond donors (Lipinski definition) is 2. The highest BCUT2D eigenvalue weighted by Crippen LogP contribution is 1.88. The molecule has 0 aliphatic carbocycles. The highest BCUT2D eigenvalue weighted by Gasteiger charge is 2.02. The first kappa shape index (κ1) is 40.4. The fourth-order valence-electron chi connectivity index (χ4n) is 2.56. The van der Waals surface area contributed by atoms with E-state index in [0.717, 1.165) is 0 Å². The first-order valence-corrected chi connectivity index (χ1v) is 15.0. The Kier molecular flexibility index (Phi) is 33.4. The minimum Gasteiger partial charge on any atom is -0.394 e. The topological polar surface area (TPSA) is 185 Å². The molecule has 0 heterocycles. The molecule has 0 aliphatic rings. The molecule has 0 aromatic rings. The van der Waals surface area contributed by atoms with Crippen molar-refractivity contribution in [3.8, 4) is 0 Å². The molecule has 0 amide bonds. The molecule has 0 saturated heterocycles. The molecule has 0 aromatic heterocycles. The lowest BCUT2D eigenvalue weighted by molar-refractivity contribution is -0.0280. The molecule has 2 N–H and O–H groups in total. The van der Waals surface area contributed by atoms with Gasteiger partial charge in [-0.3, -0.25) is 4.55 Å². The van der Waals surface area contributed by atoms with Crippen LogP contribution in [0.4, 0.5) is 0 Å². The summed E-state index contributed by atoms with van der Waals surface area (Å²) >= 11 is 0. The monoisotopic (exact) mass is 626 g/mol. The third-order valence-electron chi connectivity index (χ3n) is 4.42. The van der Waals surface area contributed by atoms with E-state index in [-0.39, 0.29) is 26.4 Å². The zero-order valence-electron chi connectivity index (χ0n) is 24.0. The second kappa shape index (κ2) is 33.9. The Balaban J connectivity index is 3.05. The van der Waals surface area contributed by atoms with Crippen molar-refractivity contribution in [3.05, 3.63) is 0 Å². The van der Waals surface area contributed by atoms with E-state index in [1.807, 2.05) is 0 Å². The molecule has 0 saturated carbocycles. The molecule has 0 radical (unpaired) electrons. The van der Waals surface area contributed by atoms with Crippen LogP contribution >= 0.6 is 0 Å². The van der Waals surface area contributed by atoms with Crippen LogP contribution in [-0.2, 0) is 66.7 Å². The number of rotatable bonds is 36. The molecule has 0 rings (SSSR count). The fourth-order valence-corrected chi connectivity index (χ4v) is 2.84. The van der Waals surface area contributed by atoms with Gasteiger partial charge in [0.2, 0.25) is 0 Å². The highest BCUT2D eigenvalue weighted by atomic mass is 32.3. The van der Waals surface area contributed by atoms with Crippen LogP contribution in [0.15, 0.2) is 0 Å². The molecular weight excluding hydrogens is 576 g/mol. The zero-order valence-corrected chi connectivity index (χ0v) is 24.8. The zero-order chi connectivity index (χ0) is 30.0. The van der Waals surface area contributed by atoms with Crippen LogP contribution in [0.25, 0.3) is 0 Å². The molecule has 0 bridgehead atoms. The van der Waals surface area contributed by atoms with Gasteiger partial charge in [-0.2, -0.15) is 8.42 Å². The predicted octanol–water partition coefficient (Wildman–Crippen LogP) is -1.02. The van der Waals surface area contributed by atoms with E-state index < -0.39 is 10.4 Å². The molecule has 0 unspecified atom stereocenters. The lowest BCUT2D eigenvalue weighted by Crippen LogP contribution is -2.15. The van der Waals surface area contributed by atoms with Crippen LogP contribution in [0.1, 0.15) is 0 Å². The second-order valence-electron chi connectivity index (χ2n) is 7.71. The summed E-state index contributed by atoms with van der Waals surface area (Å²) in [5, 5.41) is 8.56. The molecule has 248 valence electrons. The van der Waals surface area contributed by atoms with Crippen molar-refractivity contribution in [2.24, 2.45) is 0 Å². The van der Waals surface area contributed by atoms with Gasteiger partial charge in [0.05, 0.1) is 159 Å². The van der Waals surface area contributed by atoms with Crippen molar-refractivity contribution in [3.63, 3.8) is 0 Å². The maximum absolute atomic E-state index is 10.3. The van der Waals surface area contributed by atoms with Crippen LogP contribution in [0.5, 0.6) is 0 Å². The Morgan fingerprint density at radius 2 is 0.488 bits per heavy atom. The average molecular weight is 627 g/mol. The molecule has 0 fully saturated rings. The van der Waals surface area contributed by atoms with Crippen LogP contribution in [0.2, 0.25) is 0 Å². The number of aliphatic hydroxyl groups excluding tert-OH is 1. The van der Waals surface area contributed by atoms with Gasteiger partial charge in [0.15, 0.2) is 0 Å². The van der Waals surface area contributed by atoms with E-state index in [2.05, 4.69) is 4.18 Å². The minimum absolute atomic E-state index is 0.0169. The van der Waals surface area contributed by atoms with Gasteiger partial charge in [-0.1, -0.05) is 0 Å². The molecule has 0 aromatic carbocycles. The molecule has 17 heteroatoms. The Hall–Kier alpha value is -0.610. The Morgan fingerprint density at radius 3 is 0.659 bits per heavy atom. The van der Waals surface area contributed by atoms with Crippen LogP contribution in [-0.4, -0.2) is 177 Å². The van der Waals surface area contributed by atoms with Gasteiger partial charge < -0.3 is 57.2 Å². The predicted molar refractivity (Wildman–Crippen MR) is 144 cm³/mol. The third-order valence-corrected chi connectivity index (χ3v) is 4.88. The van der Waals surface area contributed by atoms with Crippen molar-refractivity contribution >= 4 is 10.4 Å². The van der Waals surface area contributed by atoms with E-state index in [4.69, 9.17) is 61.8 Å². The maximum atomic E-state index is 10.3. The van der Waals surface area contributed by atoms with Crippen LogP contribution < -0.4 is 0 Å². The maximum Gasteiger partial charge on any atom is 0.397 e. The fraction of sp³-hybridized carbons (Fsp3) is 1.00. The molecule has 0 spiro atoms. The summed E-state index contributed by atoms with van der Waals surface area (Å²) in [6.45, 7) is 9.13. The lowest BCUT2D eigenvalue weighted by atomic mass is 10.6. The van der Waals surface area contributed by atoms with Crippen molar-refractivity contribution in [1.82, 2.24) is 0 Å². The summed E-state index contributed by atoms with van der Waals surface area (Å²) < 4.78 is 91.7. The van der Waals surface area contributed by atoms with Crippen molar-refractivity contribution in [2.75, 3.05) is 159 Å². The average Bonchev–Trinajstić information content (AvgIpc) is 2.94. The first-order valence-electron chi connectivity index (χ1n) is 13.6. The van der Waals surface area contributed by atoms with Gasteiger partial charge in [0.1, 0.15) is 0 Å². The van der Waals surface area contributed by atoms with E-state index in [1.54, 1.807) is 0 Å². The van der Waals surface area contributed by atoms with Gasteiger partial charge in [-0.25, -0.2) is 4.18 Å². The standard InChI is InChI=1S/C24H50O16S/c25-1-2-29-3-4-30-5-6-31-7-8-32-9-10-33-11-12-34-13-14-35-15-16-36-17-18-37-19-20-38-21-22-39-23-24-40-41(26,27)28/h25H,1-24H2,(H,26,27,28). The van der Waals surface area contributed by atoms with Crippen molar-refractivity contribution < 1.29 is 74.4 Å². The van der Waals surface area contributed by atoms with Gasteiger partial charge in [0.25, 0.3) is 0 Å². The molecular formula is C24H50O16S. The number of ether oxygens (including phenoxy) is 11. The summed E-state index contributed by atoms with van der Waals surface area (Å²) in [4.78, 5) is 0. The first-order chi connectivity index (χ1) is 20.1. The molecule has 41 heavy (non-hydrogen) atoms. The number of aliphatic hydroxyl groups is 1. The lowest BCUT2D eigenvalue weighted by Gasteiger charge is -2.09. The Labute approximate surface area is 243 Å². The summed E-state index contributed by atoms with van der Waals surface area (Å²) in [7, 11) is -4.42. The van der Waals surface area contributed by atoms with Crippen molar-refractivity contribution in [2.45, 2.75) is 0 Å². The Bertz CT molecular complexity index is 598. The Morgan fingerprint density at radius 1 is 0.317 bits per heavy atom. The smallest absolute Gasteiger partial charge is 0.394 e. The summed E-state index contributed by atoms with van der Waals surface area (Å²) in [6, 6.07) is 0. The van der Waals surface area contributed by atoms with Gasteiger partial charge in [0, 0.05) is 0 Å². The normalized spacial score (nSPS) is 12.0. The SMILES string of the molecule is O=S(=O)(O)OCCOCCOCCOCCOCCOCCOCCOCCOCCOCCOCCOCCO. The summed E-state index contributed by atoms with van der Waals surface area (Å²) in [6.07, 6.45) is 0. The van der Waals surface area contributed by atoms with Crippen molar-refractivity contribution in [1.29, 1.82) is 0 Å². The van der Waals surface area contributed by atoms with Gasteiger partial charge in [-0.15, -0.1) is 0 Å². The van der Waals surface area contributed by atoms with E-state index in [1.165, 1.54) is 0 Å². The largest absolute Gasteiger partial charge is 0.397 e. The summed E-state index contributed by atoms with van der Waals surface area (Å²) in [5.41, 5.74) is 0. The van der Waals surface area contributed by atoms with E-state index in [0.29, 0.717) is 132 Å². The molecule has 0 atom stereocenters. The molecule has 16 nitrogen and oxygen atoms in total. The van der Waals surface area contributed by atoms with Gasteiger partial charge >= 0.3 is 10.4 Å². The minimum atomic E-state index is -4.42. The quantitative estimate of drug-likeness (QED) is 0.0635. The van der Waals surface area contributed by atoms with Crippen LogP contribution in [0, 0.1) is 0 Å². The van der Waals surface area contributed by atoms with Gasteiger partial charge in [-0.05, 0) is 0 Å².